The number of ether oxygens (including phenoxy) is 1. The van der Waals surface area contributed by atoms with Crippen molar-refractivity contribution in [3.05, 3.63) is 48.6 Å². The van der Waals surface area contributed by atoms with Crippen molar-refractivity contribution in [3.8, 4) is 0 Å². The van der Waals surface area contributed by atoms with E-state index in [0.717, 1.165) is 57.7 Å². The Morgan fingerprint density at radius 3 is 1.41 bits per heavy atom. The lowest BCUT2D eigenvalue weighted by atomic mass is 10.1. The topological polar surface area (TPSA) is 71.4 Å². The number of aliphatic hydroxyl groups is 2. The number of allylic oxidation sites excluding steroid dienone is 8. The lowest BCUT2D eigenvalue weighted by molar-refractivity contribution is -0.0999. The first-order valence-electron chi connectivity index (χ1n) is 24.7. The van der Waals surface area contributed by atoms with Crippen LogP contribution in [0.3, 0.4) is 0 Å². The van der Waals surface area contributed by atoms with Gasteiger partial charge in [-0.15, -0.1) is 0 Å². The molecule has 0 radical (unpaired) electrons. The zero-order chi connectivity index (χ0) is 42.7. The van der Waals surface area contributed by atoms with Crippen LogP contribution in [0.1, 0.15) is 194 Å². The molecule has 0 aliphatic heterocycles. The maximum Gasteiger partial charge on any atom is 0.323 e. The van der Waals surface area contributed by atoms with Gasteiger partial charge in [-0.1, -0.05) is 152 Å². The van der Waals surface area contributed by atoms with Gasteiger partial charge in [0.05, 0.1) is 13.2 Å². The number of hydrogen-bond donors (Lipinski definition) is 2. The van der Waals surface area contributed by atoms with Crippen molar-refractivity contribution in [1.82, 2.24) is 4.90 Å². The Bertz CT molecular complexity index is 964. The fourth-order valence-electron chi connectivity index (χ4n) is 7.52. The predicted octanol–water partition coefficient (Wildman–Crippen LogP) is 14.7. The van der Waals surface area contributed by atoms with Crippen LogP contribution in [0.4, 0.5) is 0 Å². The van der Waals surface area contributed by atoms with Crippen molar-refractivity contribution < 1.29 is 23.5 Å². The van der Waals surface area contributed by atoms with E-state index in [2.05, 4.69) is 93.5 Å². The van der Waals surface area contributed by atoms with Gasteiger partial charge in [0, 0.05) is 19.7 Å². The first kappa shape index (κ1) is 57.2. The number of unbranched alkanes of at least 4 members (excludes halogenated alkanes) is 20. The minimum Gasteiger partial charge on any atom is -0.436 e. The fourth-order valence-corrected chi connectivity index (χ4v) is 15.4. The van der Waals surface area contributed by atoms with E-state index in [-0.39, 0.29) is 19.5 Å². The second kappa shape index (κ2) is 42.8. The lowest BCUT2D eigenvalue weighted by Crippen LogP contribution is -2.48. The van der Waals surface area contributed by atoms with E-state index in [0.29, 0.717) is 13.1 Å². The van der Waals surface area contributed by atoms with Crippen LogP contribution < -0.4 is 0 Å². The van der Waals surface area contributed by atoms with Gasteiger partial charge < -0.3 is 23.5 Å². The van der Waals surface area contributed by atoms with Gasteiger partial charge in [0.25, 0.3) is 0 Å². The minimum absolute atomic E-state index is 0.150. The molecule has 0 aromatic rings. The second-order valence-corrected chi connectivity index (χ2v) is 25.6. The molecule has 0 aliphatic carbocycles. The molecule has 1 atom stereocenters. The summed E-state index contributed by atoms with van der Waals surface area (Å²) in [6.45, 7) is 17.0. The minimum atomic E-state index is -2.37. The van der Waals surface area contributed by atoms with Gasteiger partial charge in [-0.25, -0.2) is 0 Å². The van der Waals surface area contributed by atoms with Crippen molar-refractivity contribution in [3.63, 3.8) is 0 Å². The van der Waals surface area contributed by atoms with E-state index >= 15 is 0 Å². The molecular formula is C50H99NO5Si2. The Morgan fingerprint density at radius 2 is 0.914 bits per heavy atom. The largest absolute Gasteiger partial charge is 0.436 e. The molecule has 0 aromatic heterocycles. The summed E-state index contributed by atoms with van der Waals surface area (Å²) in [4.78, 5) is 2.15. The SMILES string of the molecule is CCCCC/C=C\C/C=C\CCCCCCCCOC(CCCCCCC/C=C\C/C=C\CCCCC)O[Si](C)(C)O[Si](C)(C)CCCCCCN(CCO)CCO. The number of rotatable bonds is 45. The van der Waals surface area contributed by atoms with Gasteiger partial charge in [-0.05, 0) is 129 Å². The van der Waals surface area contributed by atoms with Crippen molar-refractivity contribution in [2.24, 2.45) is 0 Å². The zero-order valence-corrected chi connectivity index (χ0v) is 41.5. The first-order chi connectivity index (χ1) is 28.2. The third-order valence-electron chi connectivity index (χ3n) is 10.8. The average Bonchev–Trinajstić information content (AvgIpc) is 3.18. The van der Waals surface area contributed by atoms with Gasteiger partial charge in [0.15, 0.2) is 8.32 Å². The van der Waals surface area contributed by atoms with E-state index in [9.17, 15) is 10.2 Å². The number of hydrogen-bond acceptors (Lipinski definition) is 6. The van der Waals surface area contributed by atoms with Gasteiger partial charge >= 0.3 is 8.56 Å². The van der Waals surface area contributed by atoms with E-state index in [1.807, 2.05) is 0 Å². The molecule has 0 heterocycles. The Labute approximate surface area is 364 Å². The molecule has 0 aromatic carbocycles. The number of aliphatic hydroxyl groups excluding tert-OH is 2. The molecule has 342 valence electrons. The smallest absolute Gasteiger partial charge is 0.323 e. The highest BCUT2D eigenvalue weighted by Gasteiger charge is 2.36. The molecular weight excluding hydrogens is 751 g/mol. The molecule has 1 unspecified atom stereocenters. The zero-order valence-electron chi connectivity index (χ0n) is 39.5. The molecule has 0 saturated heterocycles. The lowest BCUT2D eigenvalue weighted by Gasteiger charge is -2.36. The first-order valence-corrected chi connectivity index (χ1v) is 30.7. The third kappa shape index (κ3) is 41.9. The van der Waals surface area contributed by atoms with E-state index in [4.69, 9.17) is 13.3 Å². The van der Waals surface area contributed by atoms with Crippen LogP contribution in [0, 0.1) is 0 Å². The van der Waals surface area contributed by atoms with Crippen LogP contribution in [0.2, 0.25) is 32.2 Å². The Hall–Kier alpha value is -0.846. The van der Waals surface area contributed by atoms with Crippen LogP contribution in [0.5, 0.6) is 0 Å². The van der Waals surface area contributed by atoms with Gasteiger partial charge in [-0.3, -0.25) is 4.90 Å². The molecule has 2 N–H and O–H groups in total. The molecule has 6 nitrogen and oxygen atoms in total. The highest BCUT2D eigenvalue weighted by atomic mass is 28.4. The molecule has 0 rings (SSSR count). The van der Waals surface area contributed by atoms with E-state index in [1.54, 1.807) is 0 Å². The summed E-state index contributed by atoms with van der Waals surface area (Å²) in [7, 11) is -4.25. The normalized spacial score (nSPS) is 13.5. The van der Waals surface area contributed by atoms with Gasteiger partial charge in [-0.2, -0.15) is 0 Å². The third-order valence-corrected chi connectivity index (χ3v) is 17.4. The van der Waals surface area contributed by atoms with Crippen LogP contribution >= 0.6 is 0 Å². The fraction of sp³-hybridized carbons (Fsp3) is 0.840. The standard InChI is InChI=1S/C50H99NO5Si2/c1-7-9-11-13-15-17-19-21-23-25-27-29-31-33-36-40-48-54-50(42-38-34-32-30-28-26-24-22-20-18-16-14-12-10-8-2)55-58(5,6)56-57(3,4)49-41-37-35-39-43-51(44-46-52)45-47-53/h15-18,21-24,50,52-53H,7-14,19-20,25-49H2,1-6H3/b17-15-,18-16-,23-21-,24-22-. The van der Waals surface area contributed by atoms with Crippen LogP contribution in [0.15, 0.2) is 48.6 Å². The second-order valence-electron chi connectivity index (χ2n) is 17.7. The van der Waals surface area contributed by atoms with Gasteiger partial charge in [0.1, 0.15) is 6.29 Å². The monoisotopic (exact) mass is 850 g/mol. The predicted molar refractivity (Wildman–Crippen MR) is 259 cm³/mol. The van der Waals surface area contributed by atoms with Crippen LogP contribution in [-0.4, -0.2) is 77.7 Å². The van der Waals surface area contributed by atoms with Gasteiger partial charge in [0.2, 0.25) is 0 Å². The van der Waals surface area contributed by atoms with Crippen molar-refractivity contribution in [2.75, 3.05) is 39.5 Å². The van der Waals surface area contributed by atoms with Crippen LogP contribution in [-0.2, 0) is 13.3 Å². The molecule has 58 heavy (non-hydrogen) atoms. The summed E-state index contributed by atoms with van der Waals surface area (Å²) in [5.41, 5.74) is 0. The Balaban J connectivity index is 4.62. The summed E-state index contributed by atoms with van der Waals surface area (Å²) < 4.78 is 20.2. The molecule has 0 aliphatic rings. The summed E-state index contributed by atoms with van der Waals surface area (Å²) in [6.07, 6.45) is 52.9. The summed E-state index contributed by atoms with van der Waals surface area (Å²) in [5, 5.41) is 18.5. The summed E-state index contributed by atoms with van der Waals surface area (Å²) in [5.74, 6) is 0. The van der Waals surface area contributed by atoms with E-state index in [1.165, 1.54) is 141 Å². The summed E-state index contributed by atoms with van der Waals surface area (Å²) in [6, 6.07) is 1.15. The molecule has 0 amide bonds. The molecule has 0 fully saturated rings. The maximum absolute atomic E-state index is 9.27. The maximum atomic E-state index is 9.27. The van der Waals surface area contributed by atoms with Crippen molar-refractivity contribution >= 4 is 16.9 Å². The Kier molecular flexibility index (Phi) is 42.2. The van der Waals surface area contributed by atoms with Crippen molar-refractivity contribution in [1.29, 1.82) is 0 Å². The van der Waals surface area contributed by atoms with Crippen molar-refractivity contribution in [2.45, 2.75) is 232 Å². The molecule has 0 saturated carbocycles. The molecule has 8 heteroatoms. The highest BCUT2D eigenvalue weighted by molar-refractivity contribution is 6.82. The molecule has 0 bridgehead atoms. The molecule has 0 spiro atoms. The highest BCUT2D eigenvalue weighted by Crippen LogP contribution is 2.25. The number of nitrogens with zero attached hydrogens (tertiary/aromatic N) is 1. The quantitative estimate of drug-likeness (QED) is 0.0275. The average molecular weight is 851 g/mol. The summed E-state index contributed by atoms with van der Waals surface area (Å²) >= 11 is 0. The Morgan fingerprint density at radius 1 is 0.483 bits per heavy atom. The van der Waals surface area contributed by atoms with E-state index < -0.39 is 16.9 Å². The van der Waals surface area contributed by atoms with Crippen LogP contribution in [0.25, 0.3) is 0 Å².